The van der Waals surface area contributed by atoms with Crippen molar-refractivity contribution >= 4 is 23.1 Å². The van der Waals surface area contributed by atoms with E-state index in [4.69, 9.17) is 4.74 Å². The van der Waals surface area contributed by atoms with Gasteiger partial charge in [-0.15, -0.1) is 0 Å². The molecule has 1 fully saturated rings. The Labute approximate surface area is 78.1 Å². The summed E-state index contributed by atoms with van der Waals surface area (Å²) in [5.41, 5.74) is 0. The van der Waals surface area contributed by atoms with Gasteiger partial charge in [-0.1, -0.05) is 0 Å². The standard InChI is InChI=1S/C4H8O.CH3.BrH.Mg/c1-2-4-5-3-1;;;/h1-4H2;1H3;1H;/q;-1;;+2/p-1. The summed E-state index contributed by atoms with van der Waals surface area (Å²) in [5.74, 6) is 0. The summed E-state index contributed by atoms with van der Waals surface area (Å²) in [6, 6.07) is 0. The molecule has 0 aliphatic carbocycles. The Morgan fingerprint density at radius 2 is 1.38 bits per heavy atom. The van der Waals surface area contributed by atoms with Crippen LogP contribution in [0.25, 0.3) is 0 Å². The number of ether oxygens (including phenoxy) is 1. The first-order valence-corrected chi connectivity index (χ1v) is 2.08. The molecule has 0 unspecified atom stereocenters. The van der Waals surface area contributed by atoms with Crippen molar-refractivity contribution in [3.8, 4) is 0 Å². The Balaban J connectivity index is -0.0000000833. The Morgan fingerprint density at radius 1 is 1.00 bits per heavy atom. The smallest absolute Gasteiger partial charge is 1.00 e. The van der Waals surface area contributed by atoms with Gasteiger partial charge in [-0.05, 0) is 12.8 Å². The monoisotopic (exact) mass is 190 g/mol. The zero-order valence-corrected chi connectivity index (χ0v) is 8.32. The molecule has 46 valence electrons. The molecule has 0 aromatic heterocycles. The van der Waals surface area contributed by atoms with Crippen LogP contribution >= 0.6 is 0 Å². The van der Waals surface area contributed by atoms with Crippen molar-refractivity contribution in [2.24, 2.45) is 0 Å². The molecule has 0 atom stereocenters. The van der Waals surface area contributed by atoms with E-state index >= 15 is 0 Å². The molecule has 1 aliphatic heterocycles. The van der Waals surface area contributed by atoms with Gasteiger partial charge in [-0.25, -0.2) is 0 Å². The van der Waals surface area contributed by atoms with Gasteiger partial charge in [0.1, 0.15) is 0 Å². The SMILES string of the molecule is C1CCOC1.[Br-].[CH3-].[Mg+2]. The van der Waals surface area contributed by atoms with Crippen LogP contribution in [0.15, 0.2) is 0 Å². The van der Waals surface area contributed by atoms with Crippen LogP contribution in [0.4, 0.5) is 0 Å². The molecule has 0 spiro atoms. The maximum atomic E-state index is 4.94. The molecule has 1 aliphatic rings. The molecule has 0 N–H and O–H groups in total. The van der Waals surface area contributed by atoms with Crippen LogP contribution in [0.3, 0.4) is 0 Å². The largest absolute Gasteiger partial charge is 2.00 e. The summed E-state index contributed by atoms with van der Waals surface area (Å²) in [5, 5.41) is 0. The van der Waals surface area contributed by atoms with Crippen molar-refractivity contribution in [3.05, 3.63) is 7.43 Å². The predicted molar refractivity (Wildman–Crippen MR) is 32.2 cm³/mol. The van der Waals surface area contributed by atoms with Crippen molar-refractivity contribution in [2.45, 2.75) is 12.8 Å². The van der Waals surface area contributed by atoms with E-state index in [1.807, 2.05) is 0 Å². The van der Waals surface area contributed by atoms with Crippen molar-refractivity contribution in [1.82, 2.24) is 0 Å². The average Bonchev–Trinajstić information content (AvgIpc) is 1.76. The quantitative estimate of drug-likeness (QED) is 0.314. The molecule has 0 bridgehead atoms. The van der Waals surface area contributed by atoms with E-state index in [-0.39, 0.29) is 47.5 Å². The maximum Gasteiger partial charge on any atom is 2.00 e. The zero-order chi connectivity index (χ0) is 3.54. The third-order valence-electron chi connectivity index (χ3n) is 0.827. The molecule has 0 amide bonds. The van der Waals surface area contributed by atoms with Gasteiger partial charge in [0.2, 0.25) is 0 Å². The molecule has 0 aromatic carbocycles. The molecule has 8 heavy (non-hydrogen) atoms. The van der Waals surface area contributed by atoms with Crippen LogP contribution in [0.2, 0.25) is 0 Å². The Kier molecular flexibility index (Phi) is 22.3. The van der Waals surface area contributed by atoms with Gasteiger partial charge in [-0.2, -0.15) is 0 Å². The first-order chi connectivity index (χ1) is 2.50. The van der Waals surface area contributed by atoms with Crippen LogP contribution in [0.5, 0.6) is 0 Å². The van der Waals surface area contributed by atoms with Gasteiger partial charge in [0, 0.05) is 13.2 Å². The van der Waals surface area contributed by atoms with Crippen LogP contribution in [0.1, 0.15) is 12.8 Å². The number of hydrogen-bond acceptors (Lipinski definition) is 1. The number of rotatable bonds is 0. The van der Waals surface area contributed by atoms with Crippen molar-refractivity contribution in [3.63, 3.8) is 0 Å². The molecule has 0 saturated carbocycles. The molecule has 1 rings (SSSR count). The fourth-order valence-corrected chi connectivity index (χ4v) is 0.510. The van der Waals surface area contributed by atoms with Gasteiger partial charge >= 0.3 is 23.1 Å². The summed E-state index contributed by atoms with van der Waals surface area (Å²) in [7, 11) is 0. The van der Waals surface area contributed by atoms with E-state index in [9.17, 15) is 0 Å². The van der Waals surface area contributed by atoms with Crippen LogP contribution < -0.4 is 17.0 Å². The normalized spacial score (nSPS) is 15.0. The minimum Gasteiger partial charge on any atom is -1.00 e. The Morgan fingerprint density at radius 3 is 1.50 bits per heavy atom. The molecule has 1 heterocycles. The molecule has 0 radical (unpaired) electrons. The van der Waals surface area contributed by atoms with Crippen molar-refractivity contribution in [2.75, 3.05) is 13.2 Å². The second-order valence-corrected chi connectivity index (χ2v) is 1.32. The summed E-state index contributed by atoms with van der Waals surface area (Å²) < 4.78 is 4.94. The zero-order valence-electron chi connectivity index (χ0n) is 5.32. The minimum atomic E-state index is 0. The molecule has 3 heteroatoms. The molecule has 0 aromatic rings. The van der Waals surface area contributed by atoms with Gasteiger partial charge < -0.3 is 29.1 Å². The van der Waals surface area contributed by atoms with E-state index in [0.717, 1.165) is 13.2 Å². The summed E-state index contributed by atoms with van der Waals surface area (Å²) in [6.45, 7) is 2.00. The summed E-state index contributed by atoms with van der Waals surface area (Å²) >= 11 is 0. The number of halogens is 1. The maximum absolute atomic E-state index is 4.94. The third kappa shape index (κ3) is 7.21. The predicted octanol–water partition coefficient (Wildman–Crippen LogP) is -2.13. The van der Waals surface area contributed by atoms with Gasteiger partial charge in [-0.3, -0.25) is 0 Å². The molecule has 1 nitrogen and oxygen atoms in total. The van der Waals surface area contributed by atoms with E-state index in [0.29, 0.717) is 0 Å². The summed E-state index contributed by atoms with van der Waals surface area (Å²) in [6.07, 6.45) is 2.56. The Hall–Kier alpha value is 1.21. The molecule has 1 saturated heterocycles. The first kappa shape index (κ1) is 16.1. The fraction of sp³-hybridized carbons (Fsp3) is 0.800. The second kappa shape index (κ2) is 11.1. The average molecular weight is 191 g/mol. The van der Waals surface area contributed by atoms with Crippen LogP contribution in [-0.4, -0.2) is 36.3 Å². The van der Waals surface area contributed by atoms with Crippen LogP contribution in [-0.2, 0) is 4.74 Å². The van der Waals surface area contributed by atoms with E-state index in [2.05, 4.69) is 0 Å². The molecular formula is C5H11BrMgO. The first-order valence-electron chi connectivity index (χ1n) is 2.08. The molecular weight excluding hydrogens is 180 g/mol. The van der Waals surface area contributed by atoms with E-state index in [1.165, 1.54) is 12.8 Å². The summed E-state index contributed by atoms with van der Waals surface area (Å²) in [4.78, 5) is 0. The number of hydrogen-bond donors (Lipinski definition) is 0. The van der Waals surface area contributed by atoms with Gasteiger partial charge in [0.15, 0.2) is 0 Å². The van der Waals surface area contributed by atoms with Crippen molar-refractivity contribution in [1.29, 1.82) is 0 Å². The fourth-order valence-electron chi connectivity index (χ4n) is 0.510. The van der Waals surface area contributed by atoms with Crippen LogP contribution in [0, 0.1) is 7.43 Å². The van der Waals surface area contributed by atoms with E-state index in [1.54, 1.807) is 0 Å². The van der Waals surface area contributed by atoms with Gasteiger partial charge in [0.05, 0.1) is 0 Å². The van der Waals surface area contributed by atoms with Gasteiger partial charge in [0.25, 0.3) is 0 Å². The second-order valence-electron chi connectivity index (χ2n) is 1.32. The Bertz CT molecular complexity index is 24.0. The third-order valence-corrected chi connectivity index (χ3v) is 0.827. The van der Waals surface area contributed by atoms with E-state index < -0.39 is 0 Å². The minimum absolute atomic E-state index is 0. The van der Waals surface area contributed by atoms with Crippen molar-refractivity contribution < 1.29 is 21.7 Å². The topological polar surface area (TPSA) is 9.23 Å².